The fraction of sp³-hybridized carbons (Fsp3) is 0.333. The van der Waals surface area contributed by atoms with Crippen molar-refractivity contribution >= 4 is 22.3 Å². The summed E-state index contributed by atoms with van der Waals surface area (Å²) >= 11 is 0. The molecule has 1 aromatic heterocycles. The molecule has 0 saturated heterocycles. The lowest BCUT2D eigenvalue weighted by atomic mass is 9.98. The molecule has 0 amide bonds. The average molecular weight is 443 g/mol. The Balaban J connectivity index is 1.76. The van der Waals surface area contributed by atoms with Crippen molar-refractivity contribution in [3.63, 3.8) is 0 Å². The maximum absolute atomic E-state index is 14.7. The summed E-state index contributed by atoms with van der Waals surface area (Å²) in [4.78, 5) is 9.05. The number of fused-ring (bicyclic) bond motifs is 1. The van der Waals surface area contributed by atoms with Crippen LogP contribution in [0.4, 0.5) is 19.0 Å². The molecule has 0 spiro atoms. The first-order valence-electron chi connectivity index (χ1n) is 10.4. The molecule has 1 unspecified atom stereocenters. The molecule has 1 atom stereocenters. The molecule has 1 aliphatic heterocycles. The smallest absolute Gasteiger partial charge is 0.266 e. The Kier molecular flexibility index (Phi) is 6.32. The highest BCUT2D eigenvalue weighted by molar-refractivity contribution is 5.94. The van der Waals surface area contributed by atoms with Gasteiger partial charge in [-0.15, -0.1) is 0 Å². The van der Waals surface area contributed by atoms with E-state index in [1.807, 2.05) is 18.2 Å². The lowest BCUT2D eigenvalue weighted by molar-refractivity contribution is 0.146. The number of ether oxygens (including phenoxy) is 2. The largest absolute Gasteiger partial charge is 0.496 e. The van der Waals surface area contributed by atoms with Crippen LogP contribution in [0.2, 0.25) is 0 Å². The van der Waals surface area contributed by atoms with Crippen molar-refractivity contribution in [3.8, 4) is 5.75 Å². The van der Waals surface area contributed by atoms with Crippen LogP contribution in [0, 0.1) is 12.7 Å². The normalized spacial score (nSPS) is 15.0. The fourth-order valence-electron chi connectivity index (χ4n) is 3.93. The third-order valence-electron chi connectivity index (χ3n) is 5.55. The monoisotopic (exact) mass is 443 g/mol. The van der Waals surface area contributed by atoms with E-state index in [-0.39, 0.29) is 5.56 Å². The van der Waals surface area contributed by atoms with Gasteiger partial charge in [0, 0.05) is 16.5 Å². The average Bonchev–Trinajstić information content (AvgIpc) is 2.78. The first-order valence-corrected chi connectivity index (χ1v) is 10.4. The van der Waals surface area contributed by atoms with E-state index in [4.69, 9.17) is 9.47 Å². The maximum atomic E-state index is 14.7. The number of hydrogen-bond donors (Lipinski definition) is 1. The summed E-state index contributed by atoms with van der Waals surface area (Å²) in [6, 6.07) is 7.21. The first-order chi connectivity index (χ1) is 15.4. The third kappa shape index (κ3) is 4.27. The molecule has 4 rings (SSSR count). The van der Waals surface area contributed by atoms with Gasteiger partial charge in [-0.05, 0) is 38.0 Å². The van der Waals surface area contributed by atoms with Crippen molar-refractivity contribution in [3.05, 3.63) is 64.7 Å². The van der Waals surface area contributed by atoms with Crippen molar-refractivity contribution in [2.24, 2.45) is 0 Å². The van der Waals surface area contributed by atoms with Crippen molar-refractivity contribution in [2.75, 3.05) is 25.6 Å². The maximum Gasteiger partial charge on any atom is 0.266 e. The van der Waals surface area contributed by atoms with Crippen LogP contribution in [0.1, 0.15) is 48.3 Å². The van der Waals surface area contributed by atoms with Crippen LogP contribution in [-0.4, -0.2) is 30.3 Å². The molecule has 5 nitrogen and oxygen atoms in total. The number of halogens is 3. The van der Waals surface area contributed by atoms with Gasteiger partial charge in [0.15, 0.2) is 0 Å². The lowest BCUT2D eigenvalue weighted by Crippen LogP contribution is -2.12. The molecule has 1 N–H and O–H groups in total. The van der Waals surface area contributed by atoms with Crippen LogP contribution in [-0.2, 0) is 4.74 Å². The summed E-state index contributed by atoms with van der Waals surface area (Å²) in [7, 11) is 1.60. The van der Waals surface area contributed by atoms with Crippen LogP contribution >= 0.6 is 0 Å². The van der Waals surface area contributed by atoms with Crippen molar-refractivity contribution in [1.29, 1.82) is 0 Å². The Labute approximate surface area is 184 Å². The molecule has 2 aromatic carbocycles. The second-order valence-electron chi connectivity index (χ2n) is 7.66. The highest BCUT2D eigenvalue weighted by atomic mass is 19.3. The molecule has 1 aliphatic rings. The van der Waals surface area contributed by atoms with Gasteiger partial charge in [0.05, 0.1) is 37.4 Å². The molecule has 8 heteroatoms. The molecule has 0 radical (unpaired) electrons. The van der Waals surface area contributed by atoms with E-state index < -0.39 is 23.8 Å². The molecule has 2 heterocycles. The summed E-state index contributed by atoms with van der Waals surface area (Å²) in [5.74, 6) is 0.766. The summed E-state index contributed by atoms with van der Waals surface area (Å²) in [5.41, 5.74) is 2.30. The minimum absolute atomic E-state index is 0.142. The van der Waals surface area contributed by atoms with Gasteiger partial charge in [-0.3, -0.25) is 0 Å². The summed E-state index contributed by atoms with van der Waals surface area (Å²) < 4.78 is 52.0. The summed E-state index contributed by atoms with van der Waals surface area (Å²) in [5, 5.41) is 3.87. The molecule has 0 bridgehead atoms. The van der Waals surface area contributed by atoms with Crippen molar-refractivity contribution in [2.45, 2.75) is 32.7 Å². The first kappa shape index (κ1) is 22.1. The van der Waals surface area contributed by atoms with Crippen LogP contribution in [0.25, 0.3) is 16.5 Å². The van der Waals surface area contributed by atoms with Crippen LogP contribution in [0.5, 0.6) is 5.75 Å². The van der Waals surface area contributed by atoms with Crippen molar-refractivity contribution < 1.29 is 22.6 Å². The minimum atomic E-state index is -2.88. The number of methoxy groups -OCH3 is 1. The zero-order chi connectivity index (χ0) is 22.8. The second kappa shape index (κ2) is 9.16. The molecule has 32 heavy (non-hydrogen) atoms. The van der Waals surface area contributed by atoms with Crippen LogP contribution in [0.3, 0.4) is 0 Å². The standard InChI is InChI=1S/C24H24F3N3O2/c1-13(16-5-4-6-17(22(16)25)23(26)27)28-24-19-12-21(31-3)18(15-7-9-32-10-8-15)11-20(19)29-14(2)30-24/h4-7,11-13,23H,8-10H2,1-3H3,(H,28,29,30). The van der Waals surface area contributed by atoms with E-state index in [1.165, 1.54) is 12.1 Å². The number of aryl methyl sites for hydroxylation is 1. The molecule has 168 valence electrons. The van der Waals surface area contributed by atoms with Crippen molar-refractivity contribution in [1.82, 2.24) is 9.97 Å². The van der Waals surface area contributed by atoms with Gasteiger partial charge in [0.2, 0.25) is 0 Å². The Hall–Kier alpha value is -3.13. The van der Waals surface area contributed by atoms with Gasteiger partial charge in [0.25, 0.3) is 6.43 Å². The Bertz CT molecular complexity index is 1180. The molecule has 3 aromatic rings. The summed E-state index contributed by atoms with van der Waals surface area (Å²) in [6.45, 7) is 4.66. The Morgan fingerprint density at radius 1 is 1.16 bits per heavy atom. The zero-order valence-electron chi connectivity index (χ0n) is 18.1. The molecular formula is C24H24F3N3O2. The Morgan fingerprint density at radius 3 is 2.62 bits per heavy atom. The van der Waals surface area contributed by atoms with Gasteiger partial charge >= 0.3 is 0 Å². The van der Waals surface area contributed by atoms with E-state index >= 15 is 0 Å². The van der Waals surface area contributed by atoms with Gasteiger partial charge in [0.1, 0.15) is 23.2 Å². The fourth-order valence-corrected chi connectivity index (χ4v) is 3.93. The van der Waals surface area contributed by atoms with E-state index in [1.54, 1.807) is 21.0 Å². The SMILES string of the molecule is COc1cc2c(NC(C)c3cccc(C(F)F)c3F)nc(C)nc2cc1C1=CCOCC1. The number of anilines is 1. The topological polar surface area (TPSA) is 56.3 Å². The highest BCUT2D eigenvalue weighted by Crippen LogP contribution is 2.36. The van der Waals surface area contributed by atoms with E-state index in [2.05, 4.69) is 15.3 Å². The number of benzene rings is 2. The molecule has 0 fully saturated rings. The van der Waals surface area contributed by atoms with E-state index in [9.17, 15) is 13.2 Å². The molecule has 0 aliphatic carbocycles. The number of rotatable bonds is 6. The minimum Gasteiger partial charge on any atom is -0.496 e. The number of nitrogens with zero attached hydrogens (tertiary/aromatic N) is 2. The lowest BCUT2D eigenvalue weighted by Gasteiger charge is -2.20. The predicted octanol–water partition coefficient (Wildman–Crippen LogP) is 6.00. The quantitative estimate of drug-likeness (QED) is 0.506. The third-order valence-corrected chi connectivity index (χ3v) is 5.55. The van der Waals surface area contributed by atoms with E-state index in [0.29, 0.717) is 41.5 Å². The zero-order valence-corrected chi connectivity index (χ0v) is 18.1. The van der Waals surface area contributed by atoms with Crippen LogP contribution < -0.4 is 10.1 Å². The number of nitrogens with one attached hydrogen (secondary N) is 1. The molecular weight excluding hydrogens is 419 g/mol. The summed E-state index contributed by atoms with van der Waals surface area (Å²) in [6.07, 6.45) is -0.0823. The van der Waals surface area contributed by atoms with Gasteiger partial charge in [-0.1, -0.05) is 24.3 Å². The van der Waals surface area contributed by atoms with Gasteiger partial charge < -0.3 is 14.8 Å². The Morgan fingerprint density at radius 2 is 1.94 bits per heavy atom. The van der Waals surface area contributed by atoms with Gasteiger partial charge in [-0.25, -0.2) is 23.1 Å². The number of hydrogen-bond acceptors (Lipinski definition) is 5. The predicted molar refractivity (Wildman–Crippen MR) is 118 cm³/mol. The van der Waals surface area contributed by atoms with Crippen LogP contribution in [0.15, 0.2) is 36.4 Å². The van der Waals surface area contributed by atoms with Gasteiger partial charge in [-0.2, -0.15) is 0 Å². The number of alkyl halides is 2. The molecule has 0 saturated carbocycles. The second-order valence-corrected chi connectivity index (χ2v) is 7.66. The van der Waals surface area contributed by atoms with E-state index in [0.717, 1.165) is 23.6 Å². The number of aromatic nitrogens is 2. The highest BCUT2D eigenvalue weighted by Gasteiger charge is 2.21.